The van der Waals surface area contributed by atoms with E-state index in [1.165, 1.54) is 38.2 Å². The van der Waals surface area contributed by atoms with Crippen LogP contribution in [0.15, 0.2) is 65.3 Å². The van der Waals surface area contributed by atoms with E-state index < -0.39 is 0 Å². The second kappa shape index (κ2) is 7.28. The average Bonchev–Trinajstić information content (AvgIpc) is 3.25. The van der Waals surface area contributed by atoms with Crippen molar-refractivity contribution >= 4 is 27.6 Å². The average molecular weight is 384 g/mol. The molecular formula is C25H24N2O2. The maximum absolute atomic E-state index is 11.5. The van der Waals surface area contributed by atoms with Crippen LogP contribution in [0.4, 0.5) is 4.79 Å². The zero-order chi connectivity index (χ0) is 19.8. The maximum atomic E-state index is 11.5. The molecule has 4 aromatic rings. The Balaban J connectivity index is 1.51. The number of carbonyl (C=O) groups is 1. The molecule has 1 aromatic heterocycles. The highest BCUT2D eigenvalue weighted by atomic mass is 16.3. The Morgan fingerprint density at radius 3 is 2.79 bits per heavy atom. The lowest BCUT2D eigenvalue weighted by atomic mass is 9.78. The summed E-state index contributed by atoms with van der Waals surface area (Å²) in [5.41, 5.74) is 4.12. The summed E-state index contributed by atoms with van der Waals surface area (Å²) in [6, 6.07) is 19.6. The fraction of sp³-hybridized carbons (Fsp3) is 0.240. The summed E-state index contributed by atoms with van der Waals surface area (Å²) in [5.74, 6) is 1.26. The van der Waals surface area contributed by atoms with E-state index in [1.54, 1.807) is 13.3 Å². The Hall–Kier alpha value is -3.27. The smallest absolute Gasteiger partial charge is 0.314 e. The lowest BCUT2D eigenvalue weighted by Crippen LogP contribution is -2.32. The van der Waals surface area contributed by atoms with Gasteiger partial charge in [-0.2, -0.15) is 0 Å². The van der Waals surface area contributed by atoms with Crippen molar-refractivity contribution in [3.05, 3.63) is 83.3 Å². The molecule has 2 amide bonds. The summed E-state index contributed by atoms with van der Waals surface area (Å²) in [6.07, 6.45) is 4.90. The Morgan fingerprint density at radius 1 is 1.03 bits per heavy atom. The molecule has 1 heterocycles. The van der Waals surface area contributed by atoms with Gasteiger partial charge in [0.2, 0.25) is 0 Å². The third-order valence-electron chi connectivity index (χ3n) is 6.20. The number of carbonyl (C=O) groups excluding carboxylic acids is 1. The van der Waals surface area contributed by atoms with Crippen molar-refractivity contribution in [2.45, 2.75) is 31.7 Å². The summed E-state index contributed by atoms with van der Waals surface area (Å²) < 4.78 is 5.70. The van der Waals surface area contributed by atoms with Gasteiger partial charge in [-0.25, -0.2) is 4.79 Å². The minimum absolute atomic E-state index is 0.195. The highest BCUT2D eigenvalue weighted by Crippen LogP contribution is 2.39. The van der Waals surface area contributed by atoms with Gasteiger partial charge in [-0.1, -0.05) is 48.5 Å². The number of amides is 2. The van der Waals surface area contributed by atoms with E-state index in [0.717, 1.165) is 25.0 Å². The maximum Gasteiger partial charge on any atom is 0.314 e. The highest BCUT2D eigenvalue weighted by Gasteiger charge is 2.25. The molecule has 0 spiro atoms. The number of nitrogens with one attached hydrogen (secondary N) is 2. The minimum atomic E-state index is -0.195. The molecule has 0 aliphatic heterocycles. The molecule has 0 fully saturated rings. The van der Waals surface area contributed by atoms with Crippen LogP contribution in [0.5, 0.6) is 0 Å². The van der Waals surface area contributed by atoms with Crippen LogP contribution in [0.2, 0.25) is 0 Å². The summed E-state index contributed by atoms with van der Waals surface area (Å²) in [5, 5.41) is 10.7. The summed E-state index contributed by atoms with van der Waals surface area (Å²) in [7, 11) is 1.62. The molecule has 5 rings (SSSR count). The second-order valence-electron chi connectivity index (χ2n) is 7.76. The van der Waals surface area contributed by atoms with Crippen molar-refractivity contribution in [1.29, 1.82) is 0 Å². The minimum Gasteiger partial charge on any atom is -0.467 e. The van der Waals surface area contributed by atoms with Crippen LogP contribution in [0, 0.1) is 0 Å². The number of benzene rings is 3. The van der Waals surface area contributed by atoms with Gasteiger partial charge in [-0.15, -0.1) is 0 Å². The fourth-order valence-electron chi connectivity index (χ4n) is 4.72. The van der Waals surface area contributed by atoms with Crippen molar-refractivity contribution in [2.24, 2.45) is 0 Å². The lowest BCUT2D eigenvalue weighted by molar-refractivity contribution is 0.241. The largest absolute Gasteiger partial charge is 0.467 e. The van der Waals surface area contributed by atoms with E-state index in [2.05, 4.69) is 65.2 Å². The molecule has 1 unspecified atom stereocenters. The SMILES string of the molecule is CNC(=O)NCc1occc1C1CCc2ccc3c(ccc4ccccc43)c2C1. The highest BCUT2D eigenvalue weighted by molar-refractivity contribution is 6.08. The van der Waals surface area contributed by atoms with Gasteiger partial charge < -0.3 is 15.1 Å². The van der Waals surface area contributed by atoms with E-state index in [4.69, 9.17) is 4.42 Å². The number of hydrogen-bond donors (Lipinski definition) is 2. The molecule has 1 aliphatic rings. The van der Waals surface area contributed by atoms with Crippen LogP contribution in [0.3, 0.4) is 0 Å². The van der Waals surface area contributed by atoms with Gasteiger partial charge in [0, 0.05) is 7.05 Å². The van der Waals surface area contributed by atoms with Gasteiger partial charge in [0.15, 0.2) is 0 Å². The van der Waals surface area contributed by atoms with Gasteiger partial charge in [-0.3, -0.25) is 0 Å². The normalized spacial score (nSPS) is 16.0. The Bertz CT molecular complexity index is 1210. The van der Waals surface area contributed by atoms with E-state index >= 15 is 0 Å². The first-order chi connectivity index (χ1) is 14.2. The predicted octanol–water partition coefficient (Wildman–Crippen LogP) is 5.29. The first-order valence-electron chi connectivity index (χ1n) is 10.2. The molecule has 4 heteroatoms. The number of urea groups is 1. The molecule has 0 saturated heterocycles. The van der Waals surface area contributed by atoms with Crippen LogP contribution in [-0.4, -0.2) is 13.1 Å². The van der Waals surface area contributed by atoms with Gasteiger partial charge in [0.05, 0.1) is 12.8 Å². The summed E-state index contributed by atoms with van der Waals surface area (Å²) in [4.78, 5) is 11.5. The first kappa shape index (κ1) is 17.8. The zero-order valence-electron chi connectivity index (χ0n) is 16.5. The van der Waals surface area contributed by atoms with Crippen LogP contribution in [0.1, 0.15) is 34.8 Å². The third-order valence-corrected chi connectivity index (χ3v) is 6.20. The summed E-state index contributed by atoms with van der Waals surface area (Å²) >= 11 is 0. The van der Waals surface area contributed by atoms with E-state index in [9.17, 15) is 4.79 Å². The molecule has 0 radical (unpaired) electrons. The quantitative estimate of drug-likeness (QED) is 0.472. The van der Waals surface area contributed by atoms with E-state index in [1.807, 2.05) is 0 Å². The lowest BCUT2D eigenvalue weighted by Gasteiger charge is -2.26. The summed E-state index contributed by atoms with van der Waals surface area (Å²) in [6.45, 7) is 0.408. The molecular weight excluding hydrogens is 360 g/mol. The van der Waals surface area contributed by atoms with Gasteiger partial charge in [-0.05, 0) is 69.5 Å². The number of aryl methyl sites for hydroxylation is 1. The van der Waals surface area contributed by atoms with Crippen LogP contribution >= 0.6 is 0 Å². The number of furan rings is 1. The molecule has 2 N–H and O–H groups in total. The predicted molar refractivity (Wildman–Crippen MR) is 116 cm³/mol. The van der Waals surface area contributed by atoms with Crippen molar-refractivity contribution in [3.63, 3.8) is 0 Å². The third kappa shape index (κ3) is 3.15. The van der Waals surface area contributed by atoms with Crippen molar-refractivity contribution < 1.29 is 9.21 Å². The monoisotopic (exact) mass is 384 g/mol. The molecule has 1 aliphatic carbocycles. The van der Waals surface area contributed by atoms with Crippen molar-refractivity contribution in [2.75, 3.05) is 7.05 Å². The fourth-order valence-corrected chi connectivity index (χ4v) is 4.72. The van der Waals surface area contributed by atoms with Gasteiger partial charge >= 0.3 is 6.03 Å². The molecule has 29 heavy (non-hydrogen) atoms. The van der Waals surface area contributed by atoms with Crippen LogP contribution in [-0.2, 0) is 19.4 Å². The Labute approximate surface area is 169 Å². The van der Waals surface area contributed by atoms with Crippen molar-refractivity contribution in [1.82, 2.24) is 10.6 Å². The van der Waals surface area contributed by atoms with E-state index in [0.29, 0.717) is 12.5 Å². The van der Waals surface area contributed by atoms with E-state index in [-0.39, 0.29) is 6.03 Å². The molecule has 1 atom stereocenters. The first-order valence-corrected chi connectivity index (χ1v) is 10.2. The molecule has 4 nitrogen and oxygen atoms in total. The molecule has 146 valence electrons. The topological polar surface area (TPSA) is 54.3 Å². The van der Waals surface area contributed by atoms with Gasteiger partial charge in [0.1, 0.15) is 5.76 Å². The Kier molecular flexibility index (Phi) is 4.47. The van der Waals surface area contributed by atoms with Crippen LogP contribution in [0.25, 0.3) is 21.5 Å². The standard InChI is InChI=1S/C25H24N2O2/c1-26-25(28)27-15-24-20(12-13-29-24)18-7-6-17-9-10-21-19-5-3-2-4-16(19)8-11-22(21)23(17)14-18/h2-5,8-13,18H,6-7,14-15H2,1H3,(H2,26,27,28). The number of hydrogen-bond acceptors (Lipinski definition) is 2. The van der Waals surface area contributed by atoms with Crippen molar-refractivity contribution in [3.8, 4) is 0 Å². The second-order valence-corrected chi connectivity index (χ2v) is 7.76. The molecule has 0 bridgehead atoms. The number of fused-ring (bicyclic) bond motifs is 5. The number of rotatable bonds is 3. The van der Waals surface area contributed by atoms with Crippen LogP contribution < -0.4 is 10.6 Å². The Morgan fingerprint density at radius 2 is 1.90 bits per heavy atom. The molecule has 0 saturated carbocycles. The van der Waals surface area contributed by atoms with Gasteiger partial charge in [0.25, 0.3) is 0 Å². The molecule has 3 aromatic carbocycles. The zero-order valence-corrected chi connectivity index (χ0v) is 16.5.